The molecule has 1 atom stereocenters. The first-order valence-electron chi connectivity index (χ1n) is 7.94. The van der Waals surface area contributed by atoms with E-state index in [2.05, 4.69) is 6.07 Å². The van der Waals surface area contributed by atoms with Crippen LogP contribution >= 0.6 is 0 Å². The predicted octanol–water partition coefficient (Wildman–Crippen LogP) is 1.93. The third-order valence-corrected chi connectivity index (χ3v) is 4.53. The molecule has 0 aromatic carbocycles. The molecule has 2 amide bonds. The third-order valence-electron chi connectivity index (χ3n) is 4.53. The zero-order valence-corrected chi connectivity index (χ0v) is 13.1. The number of piperidine rings is 1. The Hall–Kier alpha value is -1.57. The smallest absolute Gasteiger partial charge is 0.245 e. The van der Waals surface area contributed by atoms with Crippen LogP contribution in [0.3, 0.4) is 0 Å². The summed E-state index contributed by atoms with van der Waals surface area (Å²) in [6.45, 7) is 5.47. The van der Waals surface area contributed by atoms with E-state index in [1.165, 1.54) is 0 Å². The molecule has 0 spiro atoms. The van der Waals surface area contributed by atoms with E-state index >= 15 is 0 Å². The maximum atomic E-state index is 12.4. The molecule has 0 aliphatic carbocycles. The van der Waals surface area contributed by atoms with Gasteiger partial charge >= 0.3 is 0 Å². The van der Waals surface area contributed by atoms with Crippen molar-refractivity contribution in [2.75, 3.05) is 19.6 Å². The summed E-state index contributed by atoms with van der Waals surface area (Å²) >= 11 is 0. The highest BCUT2D eigenvalue weighted by Crippen LogP contribution is 2.24. The van der Waals surface area contributed by atoms with Gasteiger partial charge in [0.05, 0.1) is 18.0 Å². The molecule has 5 nitrogen and oxygen atoms in total. The van der Waals surface area contributed by atoms with Gasteiger partial charge in [0.25, 0.3) is 0 Å². The van der Waals surface area contributed by atoms with Crippen molar-refractivity contribution in [3.05, 3.63) is 0 Å². The van der Waals surface area contributed by atoms with Gasteiger partial charge in [-0.2, -0.15) is 5.26 Å². The Morgan fingerprint density at radius 2 is 2.05 bits per heavy atom. The van der Waals surface area contributed by atoms with E-state index in [1.807, 2.05) is 13.8 Å². The third kappa shape index (κ3) is 3.75. The molecule has 0 aromatic rings. The number of carbonyl (C=O) groups is 2. The summed E-state index contributed by atoms with van der Waals surface area (Å²) in [5.41, 5.74) is -0.304. The average Bonchev–Trinajstić information content (AvgIpc) is 2.48. The minimum Gasteiger partial charge on any atom is -0.332 e. The molecule has 2 aliphatic heterocycles. The number of piperazine rings is 1. The van der Waals surface area contributed by atoms with Crippen molar-refractivity contribution in [2.24, 2.45) is 5.41 Å². The fourth-order valence-electron chi connectivity index (χ4n) is 3.14. The van der Waals surface area contributed by atoms with Gasteiger partial charge in [0.15, 0.2) is 0 Å². The molecule has 5 heteroatoms. The predicted molar refractivity (Wildman–Crippen MR) is 79.2 cm³/mol. The zero-order chi connectivity index (χ0) is 15.5. The van der Waals surface area contributed by atoms with Gasteiger partial charge in [0, 0.05) is 13.1 Å². The summed E-state index contributed by atoms with van der Waals surface area (Å²) in [5.74, 6) is 0.213. The van der Waals surface area contributed by atoms with Crippen molar-refractivity contribution in [3.63, 3.8) is 0 Å². The van der Waals surface area contributed by atoms with E-state index in [9.17, 15) is 9.59 Å². The maximum Gasteiger partial charge on any atom is 0.245 e. The van der Waals surface area contributed by atoms with E-state index in [4.69, 9.17) is 5.26 Å². The molecule has 0 aromatic heterocycles. The fraction of sp³-hybridized carbons (Fsp3) is 0.812. The van der Waals surface area contributed by atoms with Crippen molar-refractivity contribution >= 4 is 11.8 Å². The number of nitrogens with zero attached hydrogens (tertiary/aromatic N) is 3. The summed E-state index contributed by atoms with van der Waals surface area (Å²) in [7, 11) is 0. The molecule has 21 heavy (non-hydrogen) atoms. The maximum absolute atomic E-state index is 12.4. The van der Waals surface area contributed by atoms with Gasteiger partial charge in [-0.15, -0.1) is 0 Å². The Kier molecular flexibility index (Phi) is 4.87. The minimum absolute atomic E-state index is 0.0941. The number of rotatable bonds is 5. The first-order chi connectivity index (χ1) is 9.94. The summed E-state index contributed by atoms with van der Waals surface area (Å²) < 4.78 is 0. The standard InChI is InChI=1S/C16H25N3O2/c1-16(2,12-17)8-4-6-9-18-11-14(20)19-10-5-3-7-13(19)15(18)21/h13H,3-11H2,1-2H3. The number of hydrogen-bond donors (Lipinski definition) is 0. The number of nitriles is 1. The Morgan fingerprint density at radius 3 is 2.76 bits per heavy atom. The van der Waals surface area contributed by atoms with E-state index in [-0.39, 0.29) is 29.8 Å². The molecular weight excluding hydrogens is 266 g/mol. The minimum atomic E-state index is -0.304. The molecule has 0 bridgehead atoms. The van der Waals surface area contributed by atoms with Crippen LogP contribution in [0.1, 0.15) is 52.4 Å². The number of fused-ring (bicyclic) bond motifs is 1. The lowest BCUT2D eigenvalue weighted by Gasteiger charge is -2.42. The second-order valence-corrected chi connectivity index (χ2v) is 6.81. The lowest BCUT2D eigenvalue weighted by molar-refractivity contribution is -0.157. The van der Waals surface area contributed by atoms with Gasteiger partial charge in [-0.25, -0.2) is 0 Å². The van der Waals surface area contributed by atoms with E-state index < -0.39 is 0 Å². The number of unbranched alkanes of at least 4 members (excludes halogenated alkanes) is 1. The summed E-state index contributed by atoms with van der Waals surface area (Å²) in [6.07, 6.45) is 5.45. The van der Waals surface area contributed by atoms with Crippen molar-refractivity contribution in [3.8, 4) is 6.07 Å². The first-order valence-corrected chi connectivity index (χ1v) is 7.94. The Labute approximate surface area is 126 Å². The van der Waals surface area contributed by atoms with E-state index in [1.54, 1.807) is 9.80 Å². The highest BCUT2D eigenvalue weighted by molar-refractivity contribution is 5.95. The molecule has 1 unspecified atom stereocenters. The molecule has 2 aliphatic rings. The largest absolute Gasteiger partial charge is 0.332 e. The van der Waals surface area contributed by atoms with Gasteiger partial charge in [-0.1, -0.05) is 6.42 Å². The molecule has 0 radical (unpaired) electrons. The summed E-state index contributed by atoms with van der Waals surface area (Å²) in [5, 5.41) is 8.98. The first kappa shape index (κ1) is 15.8. The number of carbonyl (C=O) groups excluding carboxylic acids is 2. The monoisotopic (exact) mass is 291 g/mol. The molecule has 2 rings (SSSR count). The molecule has 0 N–H and O–H groups in total. The average molecular weight is 291 g/mol. The van der Waals surface area contributed by atoms with Crippen LogP contribution in [0.15, 0.2) is 0 Å². The van der Waals surface area contributed by atoms with E-state index in [0.717, 1.165) is 45.1 Å². The highest BCUT2D eigenvalue weighted by atomic mass is 16.2. The molecule has 0 saturated carbocycles. The summed E-state index contributed by atoms with van der Waals surface area (Å²) in [4.78, 5) is 28.0. The zero-order valence-electron chi connectivity index (χ0n) is 13.1. The van der Waals surface area contributed by atoms with Crippen molar-refractivity contribution in [1.82, 2.24) is 9.80 Å². The van der Waals surface area contributed by atoms with Gasteiger partial charge < -0.3 is 9.80 Å². The quantitative estimate of drug-likeness (QED) is 0.727. The van der Waals surface area contributed by atoms with Crippen molar-refractivity contribution in [1.29, 1.82) is 5.26 Å². The number of amides is 2. The molecule has 116 valence electrons. The van der Waals surface area contributed by atoms with Crippen LogP contribution in [-0.4, -0.2) is 47.3 Å². The van der Waals surface area contributed by atoms with Gasteiger partial charge in [-0.3, -0.25) is 9.59 Å². The normalized spacial score (nSPS) is 23.0. The van der Waals surface area contributed by atoms with Crippen molar-refractivity contribution < 1.29 is 9.59 Å². The SMILES string of the molecule is CC(C)(C#N)CCCCN1CC(=O)N2CCCCC2C1=O. The molecule has 2 fully saturated rings. The van der Waals surface area contributed by atoms with Crippen LogP contribution in [0.25, 0.3) is 0 Å². The fourth-order valence-corrected chi connectivity index (χ4v) is 3.14. The highest BCUT2D eigenvalue weighted by Gasteiger charge is 2.39. The topological polar surface area (TPSA) is 64.4 Å². The van der Waals surface area contributed by atoms with Crippen LogP contribution in [0.5, 0.6) is 0 Å². The van der Waals surface area contributed by atoms with Crippen LogP contribution < -0.4 is 0 Å². The van der Waals surface area contributed by atoms with Gasteiger partial charge in [0.2, 0.25) is 11.8 Å². The lowest BCUT2D eigenvalue weighted by Crippen LogP contribution is -2.61. The Balaban J connectivity index is 1.83. The number of hydrogen-bond acceptors (Lipinski definition) is 3. The molecule has 2 saturated heterocycles. The lowest BCUT2D eigenvalue weighted by atomic mass is 9.89. The van der Waals surface area contributed by atoms with Crippen LogP contribution in [0.2, 0.25) is 0 Å². The van der Waals surface area contributed by atoms with Crippen LogP contribution in [-0.2, 0) is 9.59 Å². The molecule has 2 heterocycles. The van der Waals surface area contributed by atoms with Crippen LogP contribution in [0.4, 0.5) is 0 Å². The Bertz CT molecular complexity index is 453. The van der Waals surface area contributed by atoms with Crippen molar-refractivity contribution in [2.45, 2.75) is 58.4 Å². The van der Waals surface area contributed by atoms with E-state index in [0.29, 0.717) is 6.54 Å². The Morgan fingerprint density at radius 1 is 1.29 bits per heavy atom. The second-order valence-electron chi connectivity index (χ2n) is 6.81. The van der Waals surface area contributed by atoms with Gasteiger partial charge in [-0.05, 0) is 46.0 Å². The summed E-state index contributed by atoms with van der Waals surface area (Å²) in [6, 6.07) is 2.08. The second kappa shape index (κ2) is 6.46. The van der Waals surface area contributed by atoms with Gasteiger partial charge in [0.1, 0.15) is 6.04 Å². The van der Waals surface area contributed by atoms with Crippen LogP contribution in [0, 0.1) is 16.7 Å². The molecular formula is C16H25N3O2.